The molecule has 0 aromatic heterocycles. The summed E-state index contributed by atoms with van der Waals surface area (Å²) in [6.07, 6.45) is 4.11. The molecule has 0 atom stereocenters. The number of rotatable bonds is 0. The van der Waals surface area contributed by atoms with Crippen LogP contribution in [0, 0.1) is 0 Å². The lowest BCUT2D eigenvalue weighted by Crippen LogP contribution is -2.30. The van der Waals surface area contributed by atoms with Gasteiger partial charge in [0, 0.05) is 18.9 Å². The van der Waals surface area contributed by atoms with Crippen molar-refractivity contribution < 1.29 is 4.79 Å². The number of hydrogen-bond donors (Lipinski definition) is 0. The van der Waals surface area contributed by atoms with Gasteiger partial charge in [0.05, 0.1) is 5.69 Å². The van der Waals surface area contributed by atoms with Gasteiger partial charge in [-0.1, -0.05) is 48.6 Å². The zero-order chi connectivity index (χ0) is 11.8. The molecule has 2 heteroatoms. The van der Waals surface area contributed by atoms with E-state index < -0.39 is 0 Å². The van der Waals surface area contributed by atoms with Crippen LogP contribution in [0.25, 0.3) is 16.8 Å². The van der Waals surface area contributed by atoms with E-state index in [1.807, 2.05) is 23.1 Å². The van der Waals surface area contributed by atoms with Crippen LogP contribution in [0.5, 0.6) is 0 Å². The molecular weight excluding hydrogens is 210 g/mol. The van der Waals surface area contributed by atoms with E-state index in [4.69, 9.17) is 0 Å². The van der Waals surface area contributed by atoms with Crippen LogP contribution in [-0.2, 0) is 4.79 Å². The molecule has 2 nitrogen and oxygen atoms in total. The fraction of sp³-hybridized carbons (Fsp3) is 0.133. The quantitative estimate of drug-likeness (QED) is 0.671. The van der Waals surface area contributed by atoms with Gasteiger partial charge in [-0.25, -0.2) is 0 Å². The van der Waals surface area contributed by atoms with Gasteiger partial charge in [0.2, 0.25) is 5.91 Å². The molecule has 0 N–H and O–H groups in total. The number of nitrogens with zero attached hydrogens (tertiary/aromatic N) is 1. The van der Waals surface area contributed by atoms with Gasteiger partial charge in [-0.15, -0.1) is 0 Å². The average molecular weight is 223 g/mol. The second kappa shape index (κ2) is 3.74. The third-order valence-corrected chi connectivity index (χ3v) is 3.17. The Labute approximate surface area is 100 Å². The normalized spacial score (nSPS) is 13.8. The Morgan fingerprint density at radius 2 is 2.00 bits per heavy atom. The second-order valence-corrected chi connectivity index (χ2v) is 4.26. The van der Waals surface area contributed by atoms with Gasteiger partial charge in [-0.2, -0.15) is 0 Å². The third kappa shape index (κ3) is 1.53. The number of carbonyl (C=O) groups excluding carboxylic acids is 1. The van der Waals surface area contributed by atoms with E-state index in [2.05, 4.69) is 30.3 Å². The smallest absolute Gasteiger partial charge is 0.224 e. The first-order chi connectivity index (χ1) is 8.27. The molecule has 1 aliphatic heterocycles. The molecule has 17 heavy (non-hydrogen) atoms. The molecule has 0 aliphatic carbocycles. The molecule has 0 saturated carbocycles. The summed E-state index contributed by atoms with van der Waals surface area (Å²) >= 11 is 0. The van der Waals surface area contributed by atoms with Crippen molar-refractivity contribution >= 4 is 28.4 Å². The maximum absolute atomic E-state index is 11.7. The molecule has 0 bridgehead atoms. The molecule has 0 spiro atoms. The zero-order valence-electron chi connectivity index (χ0n) is 9.68. The second-order valence-electron chi connectivity index (χ2n) is 4.26. The molecule has 1 heterocycles. The van der Waals surface area contributed by atoms with E-state index in [-0.39, 0.29) is 5.91 Å². The molecule has 84 valence electrons. The van der Waals surface area contributed by atoms with Crippen molar-refractivity contribution in [1.29, 1.82) is 0 Å². The van der Waals surface area contributed by atoms with Crippen molar-refractivity contribution in [3.63, 3.8) is 0 Å². The van der Waals surface area contributed by atoms with Crippen LogP contribution in [0.1, 0.15) is 12.5 Å². The number of carbonyl (C=O) groups is 1. The van der Waals surface area contributed by atoms with Crippen LogP contribution in [0.3, 0.4) is 0 Å². The molecular formula is C15H13NO. The maximum Gasteiger partial charge on any atom is 0.224 e. The highest BCUT2D eigenvalue weighted by Gasteiger charge is 2.18. The van der Waals surface area contributed by atoms with Crippen molar-refractivity contribution in [3.05, 3.63) is 48.0 Å². The fourth-order valence-electron chi connectivity index (χ4n) is 2.37. The fourth-order valence-corrected chi connectivity index (χ4v) is 2.37. The number of amides is 1. The molecule has 2 aromatic rings. The number of anilines is 1. The van der Waals surface area contributed by atoms with Crippen molar-refractivity contribution in [3.8, 4) is 0 Å². The van der Waals surface area contributed by atoms with Gasteiger partial charge in [0.1, 0.15) is 0 Å². The topological polar surface area (TPSA) is 20.3 Å². The van der Waals surface area contributed by atoms with Gasteiger partial charge in [0.25, 0.3) is 0 Å². The number of hydrogen-bond acceptors (Lipinski definition) is 1. The van der Waals surface area contributed by atoms with Crippen molar-refractivity contribution in [2.75, 3.05) is 11.4 Å². The van der Waals surface area contributed by atoms with Crippen LogP contribution < -0.4 is 4.90 Å². The zero-order valence-corrected chi connectivity index (χ0v) is 9.68. The highest BCUT2D eigenvalue weighted by Crippen LogP contribution is 2.34. The molecule has 3 rings (SSSR count). The van der Waals surface area contributed by atoms with Crippen LogP contribution in [0.4, 0.5) is 5.69 Å². The van der Waals surface area contributed by atoms with E-state index in [9.17, 15) is 4.79 Å². The summed E-state index contributed by atoms with van der Waals surface area (Å²) in [6, 6.07) is 12.4. The van der Waals surface area contributed by atoms with Crippen LogP contribution in [-0.4, -0.2) is 12.5 Å². The first-order valence-corrected chi connectivity index (χ1v) is 5.74. The summed E-state index contributed by atoms with van der Waals surface area (Å²) in [5.41, 5.74) is 2.16. The third-order valence-electron chi connectivity index (χ3n) is 3.17. The summed E-state index contributed by atoms with van der Waals surface area (Å²) < 4.78 is 0. The standard InChI is InChI=1S/C15H13NO/c1-11(17)16-10-4-6-13-9-8-12-5-2-3-7-14(12)15(13)16/h2-9H,10H2,1H3. The highest BCUT2D eigenvalue weighted by atomic mass is 16.2. The average Bonchev–Trinajstić information content (AvgIpc) is 2.37. The molecule has 1 amide bonds. The van der Waals surface area contributed by atoms with Crippen molar-refractivity contribution in [1.82, 2.24) is 0 Å². The summed E-state index contributed by atoms with van der Waals surface area (Å²) in [7, 11) is 0. The minimum Gasteiger partial charge on any atom is -0.308 e. The lowest BCUT2D eigenvalue weighted by Gasteiger charge is -2.26. The Morgan fingerprint density at radius 1 is 1.18 bits per heavy atom. The first-order valence-electron chi connectivity index (χ1n) is 5.74. The van der Waals surface area contributed by atoms with Gasteiger partial charge >= 0.3 is 0 Å². The Kier molecular flexibility index (Phi) is 2.22. The summed E-state index contributed by atoms with van der Waals surface area (Å²) in [6.45, 7) is 2.28. The largest absolute Gasteiger partial charge is 0.308 e. The molecule has 2 aromatic carbocycles. The van der Waals surface area contributed by atoms with Crippen molar-refractivity contribution in [2.45, 2.75) is 6.92 Å². The monoisotopic (exact) mass is 223 g/mol. The van der Waals surface area contributed by atoms with Crippen LogP contribution >= 0.6 is 0 Å². The van der Waals surface area contributed by atoms with Gasteiger partial charge in [0.15, 0.2) is 0 Å². The van der Waals surface area contributed by atoms with E-state index in [1.54, 1.807) is 6.92 Å². The van der Waals surface area contributed by atoms with Crippen molar-refractivity contribution in [2.24, 2.45) is 0 Å². The van der Waals surface area contributed by atoms with Crippen LogP contribution in [0.15, 0.2) is 42.5 Å². The number of benzene rings is 2. The van der Waals surface area contributed by atoms with Crippen LogP contribution in [0.2, 0.25) is 0 Å². The molecule has 1 aliphatic rings. The van der Waals surface area contributed by atoms with Gasteiger partial charge in [-0.3, -0.25) is 4.79 Å². The Hall–Kier alpha value is -2.09. The Morgan fingerprint density at radius 3 is 2.82 bits per heavy atom. The molecule has 0 radical (unpaired) electrons. The lowest BCUT2D eigenvalue weighted by molar-refractivity contribution is -0.116. The highest BCUT2D eigenvalue weighted by molar-refractivity contribution is 6.07. The van der Waals surface area contributed by atoms with Gasteiger partial charge in [-0.05, 0) is 10.9 Å². The predicted molar refractivity (Wildman–Crippen MR) is 71.0 cm³/mol. The Bertz CT molecular complexity index is 628. The Balaban J connectivity index is 2.36. The predicted octanol–water partition coefficient (Wildman–Crippen LogP) is 3.22. The van der Waals surface area contributed by atoms with E-state index in [0.29, 0.717) is 6.54 Å². The van der Waals surface area contributed by atoms with E-state index in [0.717, 1.165) is 16.6 Å². The molecule has 0 saturated heterocycles. The SMILES string of the molecule is CC(=O)N1CC=Cc2ccc3ccccc3c21. The minimum atomic E-state index is 0.0898. The number of fused-ring (bicyclic) bond motifs is 3. The summed E-state index contributed by atoms with van der Waals surface area (Å²) in [5.74, 6) is 0.0898. The van der Waals surface area contributed by atoms with Gasteiger partial charge < -0.3 is 4.90 Å². The van der Waals surface area contributed by atoms with E-state index in [1.165, 1.54) is 5.39 Å². The molecule has 0 fully saturated rings. The molecule has 0 unspecified atom stereocenters. The van der Waals surface area contributed by atoms with E-state index >= 15 is 0 Å². The summed E-state index contributed by atoms with van der Waals surface area (Å²) in [4.78, 5) is 13.5. The first kappa shape index (κ1) is 10.1. The maximum atomic E-state index is 11.7. The minimum absolute atomic E-state index is 0.0898. The lowest BCUT2D eigenvalue weighted by atomic mass is 10.0. The summed E-state index contributed by atoms with van der Waals surface area (Å²) in [5, 5.41) is 2.32.